The molecule has 0 aliphatic heterocycles. The molecule has 1 aromatic carbocycles. The molecular formula is C15H18O4. The van der Waals surface area contributed by atoms with Gasteiger partial charge in [0.15, 0.2) is 5.78 Å². The number of hydrogen-bond acceptors (Lipinski definition) is 4. The van der Waals surface area contributed by atoms with Crippen molar-refractivity contribution in [3.63, 3.8) is 0 Å². The third-order valence-corrected chi connectivity index (χ3v) is 2.61. The van der Waals surface area contributed by atoms with Crippen LogP contribution in [-0.4, -0.2) is 24.0 Å². The molecule has 102 valence electrons. The van der Waals surface area contributed by atoms with E-state index in [1.165, 1.54) is 25.3 Å². The zero-order valence-corrected chi connectivity index (χ0v) is 11.6. The molecule has 0 radical (unpaired) electrons. The van der Waals surface area contributed by atoms with Crippen molar-refractivity contribution in [3.05, 3.63) is 41.5 Å². The van der Waals surface area contributed by atoms with Crippen molar-refractivity contribution in [2.75, 3.05) is 7.11 Å². The fraction of sp³-hybridized carbons (Fsp3) is 0.333. The number of benzene rings is 1. The normalized spacial score (nSPS) is 12.1. The first-order valence-corrected chi connectivity index (χ1v) is 5.89. The van der Waals surface area contributed by atoms with Gasteiger partial charge < -0.3 is 9.84 Å². The molecular weight excluding hydrogens is 244 g/mol. The van der Waals surface area contributed by atoms with E-state index in [-0.39, 0.29) is 11.5 Å². The molecule has 0 amide bonds. The summed E-state index contributed by atoms with van der Waals surface area (Å²) in [6.07, 6.45) is 1.20. The Morgan fingerprint density at radius 1 is 1.11 bits per heavy atom. The topological polar surface area (TPSA) is 63.6 Å². The number of esters is 1. The van der Waals surface area contributed by atoms with Crippen LogP contribution < -0.4 is 0 Å². The molecule has 0 aliphatic carbocycles. The maximum absolute atomic E-state index is 11.8. The van der Waals surface area contributed by atoms with Crippen LogP contribution in [0.5, 0.6) is 0 Å². The summed E-state index contributed by atoms with van der Waals surface area (Å²) in [5.74, 6) is -0.723. The molecule has 1 aromatic rings. The smallest absolute Gasteiger partial charge is 0.337 e. The van der Waals surface area contributed by atoms with E-state index >= 15 is 0 Å². The van der Waals surface area contributed by atoms with E-state index in [1.807, 2.05) is 0 Å². The van der Waals surface area contributed by atoms with Crippen LogP contribution in [0.4, 0.5) is 0 Å². The highest BCUT2D eigenvalue weighted by atomic mass is 16.5. The van der Waals surface area contributed by atoms with Crippen molar-refractivity contribution in [1.82, 2.24) is 0 Å². The van der Waals surface area contributed by atoms with E-state index in [2.05, 4.69) is 4.74 Å². The van der Waals surface area contributed by atoms with Gasteiger partial charge in [0.2, 0.25) is 0 Å². The second kappa shape index (κ2) is 5.69. The van der Waals surface area contributed by atoms with Crippen LogP contribution in [0.3, 0.4) is 0 Å². The van der Waals surface area contributed by atoms with Gasteiger partial charge in [-0.25, -0.2) is 4.79 Å². The molecule has 0 bridgehead atoms. The van der Waals surface area contributed by atoms with Gasteiger partial charge in [0.1, 0.15) is 5.76 Å². The Morgan fingerprint density at radius 3 is 2.00 bits per heavy atom. The lowest BCUT2D eigenvalue weighted by molar-refractivity contribution is -0.121. The molecule has 19 heavy (non-hydrogen) atoms. The first-order chi connectivity index (χ1) is 8.75. The Balaban J connectivity index is 2.96. The molecule has 0 unspecified atom stereocenters. The predicted octanol–water partition coefficient (Wildman–Crippen LogP) is 2.99. The van der Waals surface area contributed by atoms with E-state index in [9.17, 15) is 14.7 Å². The quantitative estimate of drug-likeness (QED) is 0.516. The third kappa shape index (κ3) is 3.95. The van der Waals surface area contributed by atoms with E-state index in [0.29, 0.717) is 11.1 Å². The average molecular weight is 262 g/mol. The molecule has 4 heteroatoms. The number of allylic oxidation sites excluding steroid dienone is 1. The monoisotopic (exact) mass is 262 g/mol. The minimum absolute atomic E-state index is 0.114. The summed E-state index contributed by atoms with van der Waals surface area (Å²) in [5, 5.41) is 9.87. The van der Waals surface area contributed by atoms with E-state index < -0.39 is 11.4 Å². The van der Waals surface area contributed by atoms with Crippen LogP contribution in [-0.2, 0) is 9.53 Å². The van der Waals surface area contributed by atoms with Crippen molar-refractivity contribution in [3.8, 4) is 0 Å². The van der Waals surface area contributed by atoms with Gasteiger partial charge in [0.25, 0.3) is 0 Å². The van der Waals surface area contributed by atoms with Crippen molar-refractivity contribution in [1.29, 1.82) is 0 Å². The molecule has 4 nitrogen and oxygen atoms in total. The minimum atomic E-state index is -0.542. The van der Waals surface area contributed by atoms with Crippen molar-refractivity contribution in [2.45, 2.75) is 20.8 Å². The van der Waals surface area contributed by atoms with Crippen molar-refractivity contribution in [2.24, 2.45) is 5.41 Å². The summed E-state index contributed by atoms with van der Waals surface area (Å²) in [4.78, 5) is 23.0. The van der Waals surface area contributed by atoms with Gasteiger partial charge in [-0.15, -0.1) is 0 Å². The Labute approximate surface area is 112 Å². The zero-order valence-electron chi connectivity index (χ0n) is 11.6. The van der Waals surface area contributed by atoms with Crippen LogP contribution in [0.2, 0.25) is 0 Å². The van der Waals surface area contributed by atoms with Crippen LogP contribution in [0.1, 0.15) is 36.7 Å². The van der Waals surface area contributed by atoms with Gasteiger partial charge >= 0.3 is 5.97 Å². The highest BCUT2D eigenvalue weighted by molar-refractivity contribution is 5.99. The lowest BCUT2D eigenvalue weighted by atomic mass is 9.90. The molecule has 0 heterocycles. The number of methoxy groups -OCH3 is 1. The largest absolute Gasteiger partial charge is 0.507 e. The first-order valence-electron chi connectivity index (χ1n) is 5.89. The zero-order chi connectivity index (χ0) is 14.6. The number of aliphatic hydroxyl groups excluding tert-OH is 1. The molecule has 0 aromatic heterocycles. The van der Waals surface area contributed by atoms with Gasteiger partial charge in [0.05, 0.1) is 12.7 Å². The van der Waals surface area contributed by atoms with E-state index in [0.717, 1.165) is 0 Å². The second-order valence-electron chi connectivity index (χ2n) is 5.21. The summed E-state index contributed by atoms with van der Waals surface area (Å²) in [7, 11) is 1.30. The summed E-state index contributed by atoms with van der Waals surface area (Å²) >= 11 is 0. The highest BCUT2D eigenvalue weighted by Gasteiger charge is 2.19. The highest BCUT2D eigenvalue weighted by Crippen LogP contribution is 2.19. The van der Waals surface area contributed by atoms with Gasteiger partial charge in [-0.05, 0) is 12.1 Å². The Bertz CT molecular complexity index is 504. The van der Waals surface area contributed by atoms with Gasteiger partial charge in [-0.1, -0.05) is 32.9 Å². The van der Waals surface area contributed by atoms with Crippen LogP contribution >= 0.6 is 0 Å². The SMILES string of the molecule is COC(=O)c1ccc(/C(O)=C/C(=O)C(C)(C)C)cc1. The molecule has 0 spiro atoms. The van der Waals surface area contributed by atoms with Crippen LogP contribution in [0.25, 0.3) is 5.76 Å². The molecule has 1 N–H and O–H groups in total. The maximum atomic E-state index is 11.8. The molecule has 0 saturated carbocycles. The molecule has 1 rings (SSSR count). The maximum Gasteiger partial charge on any atom is 0.337 e. The predicted molar refractivity (Wildman–Crippen MR) is 72.8 cm³/mol. The number of carbonyl (C=O) groups excluding carboxylic acids is 2. The Morgan fingerprint density at radius 2 is 1.58 bits per heavy atom. The van der Waals surface area contributed by atoms with Crippen LogP contribution in [0.15, 0.2) is 30.3 Å². The summed E-state index contributed by atoms with van der Waals surface area (Å²) in [6.45, 7) is 5.33. The number of ketones is 1. The lowest BCUT2D eigenvalue weighted by Gasteiger charge is -2.13. The number of rotatable bonds is 3. The van der Waals surface area contributed by atoms with Gasteiger partial charge in [-0.2, -0.15) is 0 Å². The van der Waals surface area contributed by atoms with Gasteiger partial charge in [-0.3, -0.25) is 4.79 Å². The third-order valence-electron chi connectivity index (χ3n) is 2.61. The summed E-state index contributed by atoms with van der Waals surface area (Å²) in [5.41, 5.74) is 0.325. The fourth-order valence-electron chi connectivity index (χ4n) is 1.32. The molecule has 0 aliphatic rings. The lowest BCUT2D eigenvalue weighted by Crippen LogP contribution is -2.17. The van der Waals surface area contributed by atoms with Gasteiger partial charge in [0, 0.05) is 17.1 Å². The summed E-state index contributed by atoms with van der Waals surface area (Å²) in [6, 6.07) is 6.20. The number of carbonyl (C=O) groups is 2. The first kappa shape index (κ1) is 15.0. The molecule has 0 atom stereocenters. The molecule has 0 fully saturated rings. The van der Waals surface area contributed by atoms with E-state index in [4.69, 9.17) is 0 Å². The van der Waals surface area contributed by atoms with Crippen LogP contribution in [0, 0.1) is 5.41 Å². The number of hydrogen-bond donors (Lipinski definition) is 1. The Hall–Kier alpha value is -2.10. The standard InChI is InChI=1S/C15H18O4/c1-15(2,3)13(17)9-12(16)10-5-7-11(8-6-10)14(18)19-4/h5-9,16H,1-4H3/b12-9-. The van der Waals surface area contributed by atoms with E-state index in [1.54, 1.807) is 32.9 Å². The summed E-state index contributed by atoms with van der Waals surface area (Å²) < 4.78 is 4.58. The number of ether oxygens (including phenoxy) is 1. The van der Waals surface area contributed by atoms with Crippen molar-refractivity contribution >= 4 is 17.5 Å². The minimum Gasteiger partial charge on any atom is -0.507 e. The average Bonchev–Trinajstić information content (AvgIpc) is 2.36. The van der Waals surface area contributed by atoms with Crippen molar-refractivity contribution < 1.29 is 19.4 Å². The molecule has 0 saturated heterocycles. The Kier molecular flexibility index (Phi) is 4.48. The number of aliphatic hydroxyl groups is 1. The second-order valence-corrected chi connectivity index (χ2v) is 5.21. The fourth-order valence-corrected chi connectivity index (χ4v) is 1.32.